The van der Waals surface area contributed by atoms with Crippen LogP contribution in [0.3, 0.4) is 0 Å². The summed E-state index contributed by atoms with van der Waals surface area (Å²) in [5.74, 6) is 0.0762. The minimum Gasteiger partial charge on any atom is -0.505 e. The number of ketones is 2. The summed E-state index contributed by atoms with van der Waals surface area (Å²) in [6, 6.07) is 16.6. The molecule has 5 rings (SSSR count). The highest BCUT2D eigenvalue weighted by atomic mass is 35.5. The predicted octanol–water partition coefficient (Wildman–Crippen LogP) is 7.70. The van der Waals surface area contributed by atoms with Crippen molar-refractivity contribution in [2.75, 3.05) is 20.6 Å². The summed E-state index contributed by atoms with van der Waals surface area (Å²) in [5.41, 5.74) is 5.22. The van der Waals surface area contributed by atoms with E-state index in [1.165, 1.54) is 0 Å². The summed E-state index contributed by atoms with van der Waals surface area (Å²) in [4.78, 5) is 32.7. The molecule has 194 valence electrons. The Morgan fingerprint density at radius 1 is 0.947 bits per heavy atom. The lowest BCUT2D eigenvalue weighted by Gasteiger charge is -2.15. The molecule has 1 saturated carbocycles. The lowest BCUT2D eigenvalue weighted by atomic mass is 9.90. The zero-order chi connectivity index (χ0) is 27.0. The molecule has 0 atom stereocenters. The molecule has 3 aromatic carbocycles. The number of phenols is 1. The van der Waals surface area contributed by atoms with Crippen molar-refractivity contribution >= 4 is 45.7 Å². The summed E-state index contributed by atoms with van der Waals surface area (Å²) >= 11 is 12.4. The Bertz CT molecular complexity index is 1520. The molecule has 1 fully saturated rings. The van der Waals surface area contributed by atoms with Crippen molar-refractivity contribution in [2.24, 2.45) is 5.92 Å². The SMILES string of the molecule is CN(C)CCCC(=O)c1ccc(-c2c(C(=O)C3CC3)cnc3ccc(-c4cc(Cl)c(O)c(Cl)c4)cc23)cc1. The lowest BCUT2D eigenvalue weighted by molar-refractivity contribution is 0.0963. The number of carbonyl (C=O) groups is 2. The average Bonchev–Trinajstić information content (AvgIpc) is 3.75. The second kappa shape index (κ2) is 10.9. The van der Waals surface area contributed by atoms with Gasteiger partial charge in [-0.2, -0.15) is 0 Å². The summed E-state index contributed by atoms with van der Waals surface area (Å²) in [7, 11) is 3.99. The van der Waals surface area contributed by atoms with Gasteiger partial charge in [0.15, 0.2) is 17.3 Å². The molecule has 1 aromatic heterocycles. The molecule has 0 bridgehead atoms. The Balaban J connectivity index is 1.59. The van der Waals surface area contributed by atoms with Gasteiger partial charge in [0.2, 0.25) is 0 Å². The van der Waals surface area contributed by atoms with E-state index in [1.807, 2.05) is 56.6 Å². The molecule has 1 aliphatic carbocycles. The summed E-state index contributed by atoms with van der Waals surface area (Å²) < 4.78 is 0. The average molecular weight is 547 g/mol. The number of nitrogens with zero attached hydrogens (tertiary/aromatic N) is 2. The fraction of sp³-hybridized carbons (Fsp3) is 0.258. The van der Waals surface area contributed by atoms with Gasteiger partial charge in [-0.1, -0.05) is 53.5 Å². The van der Waals surface area contributed by atoms with Crippen LogP contribution in [0.15, 0.2) is 60.8 Å². The number of pyridine rings is 1. The number of aromatic hydroxyl groups is 1. The van der Waals surface area contributed by atoms with Crippen LogP contribution in [0.1, 0.15) is 46.4 Å². The Labute approximate surface area is 232 Å². The maximum atomic E-state index is 13.3. The highest BCUT2D eigenvalue weighted by Gasteiger charge is 2.32. The van der Waals surface area contributed by atoms with Crippen molar-refractivity contribution in [3.63, 3.8) is 0 Å². The number of rotatable bonds is 9. The molecule has 4 aromatic rings. The van der Waals surface area contributed by atoms with E-state index in [4.69, 9.17) is 23.2 Å². The number of phenolic OH excluding ortho intramolecular Hbond substituents is 1. The standard InChI is InChI=1S/C31H28Cl2N2O3/c1-35(2)13-3-4-28(36)18-5-7-19(8-6-18)29-23-14-21(22-15-25(32)31(38)26(33)16-22)11-12-27(23)34-17-24(29)30(37)20-9-10-20/h5-8,11-12,14-17,20,38H,3-4,9-10,13H2,1-2H3. The van der Waals surface area contributed by atoms with Crippen molar-refractivity contribution in [1.82, 2.24) is 9.88 Å². The van der Waals surface area contributed by atoms with Gasteiger partial charge in [-0.15, -0.1) is 0 Å². The zero-order valence-corrected chi connectivity index (χ0v) is 22.8. The van der Waals surface area contributed by atoms with E-state index in [0.717, 1.165) is 59.0 Å². The van der Waals surface area contributed by atoms with Gasteiger partial charge in [-0.25, -0.2) is 0 Å². The van der Waals surface area contributed by atoms with Crippen molar-refractivity contribution in [3.8, 4) is 28.0 Å². The molecule has 0 radical (unpaired) electrons. The molecule has 7 heteroatoms. The number of benzene rings is 3. The first-order chi connectivity index (χ1) is 18.2. The van der Waals surface area contributed by atoms with Gasteiger partial charge < -0.3 is 10.0 Å². The monoisotopic (exact) mass is 546 g/mol. The normalized spacial score (nSPS) is 13.3. The second-order valence-electron chi connectivity index (χ2n) is 10.1. The minimum atomic E-state index is -0.158. The Morgan fingerprint density at radius 2 is 1.61 bits per heavy atom. The van der Waals surface area contributed by atoms with Crippen LogP contribution in [0.25, 0.3) is 33.2 Å². The van der Waals surface area contributed by atoms with Crippen LogP contribution in [0, 0.1) is 5.92 Å². The van der Waals surface area contributed by atoms with E-state index < -0.39 is 0 Å². The van der Waals surface area contributed by atoms with E-state index in [9.17, 15) is 14.7 Å². The Kier molecular flexibility index (Phi) is 7.53. The van der Waals surface area contributed by atoms with Crippen molar-refractivity contribution in [3.05, 3.63) is 82.0 Å². The summed E-state index contributed by atoms with van der Waals surface area (Å²) in [6.45, 7) is 0.860. The van der Waals surface area contributed by atoms with Crippen molar-refractivity contribution < 1.29 is 14.7 Å². The molecule has 5 nitrogen and oxygen atoms in total. The maximum absolute atomic E-state index is 13.3. The van der Waals surface area contributed by atoms with Gasteiger partial charge in [0.1, 0.15) is 0 Å². The minimum absolute atomic E-state index is 0.0310. The quantitative estimate of drug-likeness (QED) is 0.218. The summed E-state index contributed by atoms with van der Waals surface area (Å²) in [5, 5.41) is 11.1. The van der Waals surface area contributed by atoms with Crippen LogP contribution in [0.4, 0.5) is 0 Å². The molecule has 0 aliphatic heterocycles. The van der Waals surface area contributed by atoms with E-state index in [-0.39, 0.29) is 33.3 Å². The van der Waals surface area contributed by atoms with Crippen molar-refractivity contribution in [2.45, 2.75) is 25.7 Å². The van der Waals surface area contributed by atoms with Crippen molar-refractivity contribution in [1.29, 1.82) is 0 Å². The van der Waals surface area contributed by atoms with Crippen LogP contribution in [0.2, 0.25) is 10.0 Å². The molecule has 0 unspecified atom stereocenters. The molecular formula is C31H28Cl2N2O3. The van der Waals surface area contributed by atoms with Gasteiger partial charge in [-0.05, 0) is 80.9 Å². The molecule has 0 amide bonds. The molecule has 1 heterocycles. The number of aromatic nitrogens is 1. The first-order valence-corrected chi connectivity index (χ1v) is 13.4. The zero-order valence-electron chi connectivity index (χ0n) is 21.3. The molecule has 0 spiro atoms. The largest absolute Gasteiger partial charge is 0.505 e. The third kappa shape index (κ3) is 5.46. The second-order valence-corrected chi connectivity index (χ2v) is 10.9. The number of fused-ring (bicyclic) bond motifs is 1. The fourth-order valence-electron chi connectivity index (χ4n) is 4.69. The molecular weight excluding hydrogens is 519 g/mol. The highest BCUT2D eigenvalue weighted by molar-refractivity contribution is 6.37. The number of carbonyl (C=O) groups excluding carboxylic acids is 2. The smallest absolute Gasteiger partial charge is 0.168 e. The van der Waals surface area contributed by atoms with Crippen LogP contribution < -0.4 is 0 Å². The molecule has 1 N–H and O–H groups in total. The third-order valence-electron chi connectivity index (χ3n) is 6.94. The summed E-state index contributed by atoms with van der Waals surface area (Å²) in [6.07, 6.45) is 4.74. The van der Waals surface area contributed by atoms with Gasteiger partial charge >= 0.3 is 0 Å². The topological polar surface area (TPSA) is 70.5 Å². The predicted molar refractivity (Wildman–Crippen MR) is 153 cm³/mol. The first kappa shape index (κ1) is 26.4. The van der Waals surface area contributed by atoms with Crippen LogP contribution in [-0.4, -0.2) is 47.2 Å². The lowest BCUT2D eigenvalue weighted by Crippen LogP contribution is -2.14. The Hall–Kier alpha value is -3.25. The number of hydrogen-bond acceptors (Lipinski definition) is 5. The molecule has 0 saturated heterocycles. The van der Waals surface area contributed by atoms with Gasteiger partial charge in [0.25, 0.3) is 0 Å². The fourth-order valence-corrected chi connectivity index (χ4v) is 5.18. The van der Waals surface area contributed by atoms with Gasteiger partial charge in [0, 0.05) is 40.6 Å². The van der Waals surface area contributed by atoms with Crippen LogP contribution in [0.5, 0.6) is 5.75 Å². The number of hydrogen-bond donors (Lipinski definition) is 1. The third-order valence-corrected chi connectivity index (χ3v) is 7.51. The van der Waals surface area contributed by atoms with E-state index in [2.05, 4.69) is 9.88 Å². The van der Waals surface area contributed by atoms with E-state index in [0.29, 0.717) is 17.5 Å². The number of halogens is 2. The highest BCUT2D eigenvalue weighted by Crippen LogP contribution is 2.41. The molecule has 38 heavy (non-hydrogen) atoms. The molecule has 1 aliphatic rings. The van der Waals surface area contributed by atoms with Crippen LogP contribution in [-0.2, 0) is 0 Å². The number of Topliss-reactive ketones (excluding diaryl/α,β-unsaturated/α-hetero) is 2. The van der Waals surface area contributed by atoms with Gasteiger partial charge in [-0.3, -0.25) is 14.6 Å². The first-order valence-electron chi connectivity index (χ1n) is 12.7. The maximum Gasteiger partial charge on any atom is 0.168 e. The van der Waals surface area contributed by atoms with Gasteiger partial charge in [0.05, 0.1) is 15.6 Å². The van der Waals surface area contributed by atoms with E-state index >= 15 is 0 Å². The Morgan fingerprint density at radius 3 is 2.24 bits per heavy atom. The van der Waals surface area contributed by atoms with Crippen LogP contribution >= 0.6 is 23.2 Å². The van der Waals surface area contributed by atoms with E-state index in [1.54, 1.807) is 18.3 Å².